The number of anilines is 2. The number of nitrogen functional groups attached to an aromatic ring is 1. The Kier molecular flexibility index (Phi) is 4.21. The Hall–Kier alpha value is -1.82. The number of hydrogen-bond donors (Lipinski definition) is 2. The fourth-order valence-corrected chi connectivity index (χ4v) is 2.31. The highest BCUT2D eigenvalue weighted by molar-refractivity contribution is 5.89. The molecule has 0 unspecified atom stereocenters. The van der Waals surface area contributed by atoms with E-state index in [1.165, 1.54) is 25.1 Å². The Balaban J connectivity index is 1.98. The van der Waals surface area contributed by atoms with Gasteiger partial charge in [-0.15, -0.1) is 0 Å². The minimum absolute atomic E-state index is 0.120. The minimum atomic E-state index is -1.01. The number of carbonyl (C=O) groups is 1. The van der Waals surface area contributed by atoms with Gasteiger partial charge in [0, 0.05) is 26.3 Å². The quantitative estimate of drug-likeness (QED) is 0.822. The predicted molar refractivity (Wildman–Crippen MR) is 74.6 cm³/mol. The molecule has 0 spiro atoms. The largest absolute Gasteiger partial charge is 0.478 e. The molecule has 1 aromatic rings. The fraction of sp³-hybridized carbons (Fsp3) is 0.538. The summed E-state index contributed by atoms with van der Waals surface area (Å²) in [5.41, 5.74) is 6.39. The zero-order valence-corrected chi connectivity index (χ0v) is 11.2. The average molecular weight is 264 g/mol. The number of carboxylic acids is 1. The molecule has 19 heavy (non-hydrogen) atoms. The van der Waals surface area contributed by atoms with Crippen LogP contribution in [0.2, 0.25) is 0 Å². The van der Waals surface area contributed by atoms with Crippen molar-refractivity contribution in [1.29, 1.82) is 0 Å². The Morgan fingerprint density at radius 2 is 2.21 bits per heavy atom. The van der Waals surface area contributed by atoms with E-state index < -0.39 is 5.97 Å². The van der Waals surface area contributed by atoms with Crippen LogP contribution in [-0.2, 0) is 0 Å². The number of nitrogens with two attached hydrogens (primary N) is 1. The number of likely N-dealkylation sites (tertiary alicyclic amines) is 1. The van der Waals surface area contributed by atoms with E-state index in [2.05, 4.69) is 9.88 Å². The molecule has 0 bridgehead atoms. The molecule has 2 heterocycles. The highest BCUT2D eigenvalue weighted by Crippen LogP contribution is 2.20. The summed E-state index contributed by atoms with van der Waals surface area (Å²) in [5, 5.41) is 8.87. The van der Waals surface area contributed by atoms with Crippen LogP contribution in [0.1, 0.15) is 23.2 Å². The van der Waals surface area contributed by atoms with Crippen LogP contribution in [0.3, 0.4) is 0 Å². The molecule has 0 amide bonds. The van der Waals surface area contributed by atoms with Crippen LogP contribution in [0.5, 0.6) is 0 Å². The first-order valence-corrected chi connectivity index (χ1v) is 6.50. The van der Waals surface area contributed by atoms with Gasteiger partial charge in [0.1, 0.15) is 0 Å². The highest BCUT2D eigenvalue weighted by Gasteiger charge is 2.14. The number of hydrogen-bond acceptors (Lipinski definition) is 5. The minimum Gasteiger partial charge on any atom is -0.478 e. The molecule has 0 aromatic carbocycles. The molecule has 1 aliphatic heterocycles. The van der Waals surface area contributed by atoms with Gasteiger partial charge in [-0.2, -0.15) is 0 Å². The summed E-state index contributed by atoms with van der Waals surface area (Å²) in [6.07, 6.45) is 3.90. The molecule has 6 heteroatoms. The van der Waals surface area contributed by atoms with Gasteiger partial charge in [-0.1, -0.05) is 0 Å². The normalized spacial score (nSPS) is 15.6. The monoisotopic (exact) mass is 264 g/mol. The van der Waals surface area contributed by atoms with Crippen molar-refractivity contribution < 1.29 is 9.90 Å². The number of pyridine rings is 1. The zero-order valence-electron chi connectivity index (χ0n) is 11.2. The van der Waals surface area contributed by atoms with E-state index in [0.717, 1.165) is 26.2 Å². The Labute approximate surface area is 112 Å². The maximum Gasteiger partial charge on any atom is 0.337 e. The maximum atomic E-state index is 10.8. The van der Waals surface area contributed by atoms with Crippen molar-refractivity contribution in [3.8, 4) is 0 Å². The number of aromatic nitrogens is 1. The van der Waals surface area contributed by atoms with Gasteiger partial charge in [0.15, 0.2) is 5.82 Å². The van der Waals surface area contributed by atoms with Gasteiger partial charge in [0.25, 0.3) is 0 Å². The first kappa shape index (κ1) is 13.6. The lowest BCUT2D eigenvalue weighted by Gasteiger charge is -2.23. The summed E-state index contributed by atoms with van der Waals surface area (Å²) in [6, 6.07) is 1.46. The first-order chi connectivity index (χ1) is 9.08. The highest BCUT2D eigenvalue weighted by atomic mass is 16.4. The molecule has 0 atom stereocenters. The van der Waals surface area contributed by atoms with Crippen molar-refractivity contribution in [2.45, 2.75) is 12.8 Å². The van der Waals surface area contributed by atoms with E-state index >= 15 is 0 Å². The molecule has 0 saturated carbocycles. The third kappa shape index (κ3) is 3.35. The molecule has 1 fully saturated rings. The SMILES string of the molecule is CN(CCN1CCCC1)c1ncc(C(=O)O)cc1N. The lowest BCUT2D eigenvalue weighted by molar-refractivity contribution is 0.0696. The van der Waals surface area contributed by atoms with E-state index in [9.17, 15) is 4.79 Å². The molecule has 1 saturated heterocycles. The molecule has 3 N–H and O–H groups in total. The molecule has 6 nitrogen and oxygen atoms in total. The second kappa shape index (κ2) is 5.88. The molecule has 0 aliphatic carbocycles. The molecule has 2 rings (SSSR count). The molecule has 0 radical (unpaired) electrons. The second-order valence-corrected chi connectivity index (χ2v) is 4.91. The third-order valence-corrected chi connectivity index (χ3v) is 3.45. The van der Waals surface area contributed by atoms with E-state index in [1.54, 1.807) is 0 Å². The summed E-state index contributed by atoms with van der Waals surface area (Å²) >= 11 is 0. The lowest BCUT2D eigenvalue weighted by atomic mass is 10.2. The summed E-state index contributed by atoms with van der Waals surface area (Å²) in [4.78, 5) is 19.4. The van der Waals surface area contributed by atoms with Gasteiger partial charge >= 0.3 is 5.97 Å². The molecule has 1 aromatic heterocycles. The van der Waals surface area contributed by atoms with Gasteiger partial charge in [-0.25, -0.2) is 9.78 Å². The number of aromatic carboxylic acids is 1. The number of likely N-dealkylation sites (N-methyl/N-ethyl adjacent to an activating group) is 1. The van der Waals surface area contributed by atoms with Crippen LogP contribution in [0.25, 0.3) is 0 Å². The molecular formula is C13H20N4O2. The molecule has 1 aliphatic rings. The van der Waals surface area contributed by atoms with E-state index in [4.69, 9.17) is 10.8 Å². The Bertz CT molecular complexity index is 458. The van der Waals surface area contributed by atoms with Crippen LogP contribution in [0.4, 0.5) is 11.5 Å². The van der Waals surface area contributed by atoms with E-state index in [0.29, 0.717) is 11.5 Å². The fourth-order valence-electron chi connectivity index (χ4n) is 2.31. The van der Waals surface area contributed by atoms with Crippen LogP contribution in [0.15, 0.2) is 12.3 Å². The van der Waals surface area contributed by atoms with Crippen LogP contribution in [0, 0.1) is 0 Å². The van der Waals surface area contributed by atoms with Gasteiger partial charge in [0.05, 0.1) is 11.3 Å². The summed E-state index contributed by atoms with van der Waals surface area (Å²) in [5.74, 6) is -0.366. The van der Waals surface area contributed by atoms with Gasteiger partial charge in [0.2, 0.25) is 0 Å². The van der Waals surface area contributed by atoms with E-state index in [-0.39, 0.29) is 5.56 Å². The summed E-state index contributed by atoms with van der Waals surface area (Å²) in [7, 11) is 1.93. The number of rotatable bonds is 5. The first-order valence-electron chi connectivity index (χ1n) is 6.50. The van der Waals surface area contributed by atoms with Crippen LogP contribution >= 0.6 is 0 Å². The summed E-state index contributed by atoms with van der Waals surface area (Å²) in [6.45, 7) is 4.14. The topological polar surface area (TPSA) is 82.7 Å². The zero-order chi connectivity index (χ0) is 13.8. The predicted octanol–water partition coefficient (Wildman–Crippen LogP) is 0.894. The van der Waals surface area contributed by atoms with Crippen molar-refractivity contribution in [2.24, 2.45) is 0 Å². The van der Waals surface area contributed by atoms with Crippen molar-refractivity contribution in [1.82, 2.24) is 9.88 Å². The Morgan fingerprint density at radius 1 is 1.53 bits per heavy atom. The van der Waals surface area contributed by atoms with Crippen LogP contribution < -0.4 is 10.6 Å². The van der Waals surface area contributed by atoms with Crippen molar-refractivity contribution in [2.75, 3.05) is 43.9 Å². The lowest BCUT2D eigenvalue weighted by Crippen LogP contribution is -2.32. The standard InChI is InChI=1S/C13H20N4O2/c1-16(6-7-17-4-2-3-5-17)12-11(14)8-10(9-15-12)13(18)19/h8-9H,2-7,14H2,1H3,(H,18,19). The van der Waals surface area contributed by atoms with Crippen molar-refractivity contribution >= 4 is 17.5 Å². The van der Waals surface area contributed by atoms with Crippen molar-refractivity contribution in [3.05, 3.63) is 17.8 Å². The maximum absolute atomic E-state index is 10.8. The van der Waals surface area contributed by atoms with Crippen molar-refractivity contribution in [3.63, 3.8) is 0 Å². The second-order valence-electron chi connectivity index (χ2n) is 4.91. The Morgan fingerprint density at radius 3 is 2.79 bits per heavy atom. The smallest absolute Gasteiger partial charge is 0.337 e. The van der Waals surface area contributed by atoms with E-state index in [1.807, 2.05) is 11.9 Å². The third-order valence-electron chi connectivity index (χ3n) is 3.45. The van der Waals surface area contributed by atoms with Crippen LogP contribution in [-0.4, -0.2) is 54.2 Å². The number of carboxylic acid groups (broad SMARTS) is 1. The average Bonchev–Trinajstić information content (AvgIpc) is 2.88. The van der Waals surface area contributed by atoms with Gasteiger partial charge < -0.3 is 20.6 Å². The molecular weight excluding hydrogens is 244 g/mol. The number of nitrogens with zero attached hydrogens (tertiary/aromatic N) is 3. The van der Waals surface area contributed by atoms with Gasteiger partial charge in [-0.05, 0) is 32.0 Å². The summed E-state index contributed by atoms with van der Waals surface area (Å²) < 4.78 is 0. The van der Waals surface area contributed by atoms with Gasteiger partial charge in [-0.3, -0.25) is 0 Å². The molecule has 104 valence electrons.